The SMILES string of the molecule is Cc1cc(C)c(Nc2nc(NCCCC(=O)O)c(N=Nc3nn(-c4nc5ncncc5[nH]4)cc3C#N)c(N(CO)CO)n2)c(C)c1. The number of imidazole rings is 1. The molecule has 0 unspecified atom stereocenters. The molecule has 0 saturated carbocycles. The summed E-state index contributed by atoms with van der Waals surface area (Å²) in [5.41, 5.74) is 4.77. The summed E-state index contributed by atoms with van der Waals surface area (Å²) in [6.07, 6.45) is 4.49. The van der Waals surface area contributed by atoms with Gasteiger partial charge in [0.25, 0.3) is 0 Å². The lowest BCUT2D eigenvalue weighted by Crippen LogP contribution is -2.27. The van der Waals surface area contributed by atoms with Gasteiger partial charge in [0.15, 0.2) is 23.0 Å². The van der Waals surface area contributed by atoms with Crippen LogP contribution in [0, 0.1) is 32.1 Å². The highest BCUT2D eigenvalue weighted by Gasteiger charge is 2.21. The molecular weight excluding hydrogens is 596 g/mol. The summed E-state index contributed by atoms with van der Waals surface area (Å²) in [5, 5.41) is 58.2. The number of nitrogens with one attached hydrogen (secondary N) is 3. The molecule has 0 aliphatic heterocycles. The lowest BCUT2D eigenvalue weighted by molar-refractivity contribution is -0.137. The number of H-pyrrole nitrogens is 1. The fourth-order valence-electron chi connectivity index (χ4n) is 4.63. The molecule has 5 rings (SSSR count). The van der Waals surface area contributed by atoms with Crippen LogP contribution in [-0.4, -0.2) is 81.0 Å². The molecule has 6 N–H and O–H groups in total. The average molecular weight is 627 g/mol. The van der Waals surface area contributed by atoms with Crippen LogP contribution in [0.2, 0.25) is 0 Å². The van der Waals surface area contributed by atoms with Gasteiger partial charge >= 0.3 is 5.97 Å². The van der Waals surface area contributed by atoms with Gasteiger partial charge in [0.1, 0.15) is 36.9 Å². The largest absolute Gasteiger partial charge is 0.481 e. The number of rotatable bonds is 13. The molecule has 0 saturated heterocycles. The number of nitrogens with zero attached hydrogens (tertiary/aromatic N) is 11. The number of carboxylic acid groups (broad SMARTS) is 1. The lowest BCUT2D eigenvalue weighted by Gasteiger charge is -2.22. The second-order valence-electron chi connectivity index (χ2n) is 10.2. The van der Waals surface area contributed by atoms with Gasteiger partial charge in [-0.3, -0.25) is 4.79 Å². The van der Waals surface area contributed by atoms with E-state index in [1.54, 1.807) is 6.20 Å². The number of aliphatic hydroxyl groups is 2. The van der Waals surface area contributed by atoms with Gasteiger partial charge in [0.05, 0.1) is 12.4 Å². The normalized spacial score (nSPS) is 11.2. The van der Waals surface area contributed by atoms with Crippen molar-refractivity contribution in [3.63, 3.8) is 0 Å². The summed E-state index contributed by atoms with van der Waals surface area (Å²) in [6.45, 7) is 4.79. The Morgan fingerprint density at radius 1 is 1.13 bits per heavy atom. The molecule has 5 aromatic rings. The van der Waals surface area contributed by atoms with Crippen molar-refractivity contribution in [2.45, 2.75) is 33.6 Å². The maximum Gasteiger partial charge on any atom is 0.303 e. The average Bonchev–Trinajstić information content (AvgIpc) is 3.65. The van der Waals surface area contributed by atoms with Gasteiger partial charge in [-0.2, -0.15) is 20.2 Å². The number of anilines is 4. The van der Waals surface area contributed by atoms with E-state index < -0.39 is 19.4 Å². The zero-order valence-corrected chi connectivity index (χ0v) is 25.1. The number of azo groups is 1. The maximum atomic E-state index is 11.1. The van der Waals surface area contributed by atoms with Crippen molar-refractivity contribution in [1.29, 1.82) is 5.26 Å². The van der Waals surface area contributed by atoms with Crippen LogP contribution in [0.3, 0.4) is 0 Å². The molecule has 0 atom stereocenters. The molecular formula is C28H30N14O4. The highest BCUT2D eigenvalue weighted by Crippen LogP contribution is 2.37. The van der Waals surface area contributed by atoms with Crippen LogP contribution in [0.15, 0.2) is 41.1 Å². The molecule has 1 aromatic carbocycles. The van der Waals surface area contributed by atoms with E-state index in [0.29, 0.717) is 11.2 Å². The van der Waals surface area contributed by atoms with E-state index in [4.69, 9.17) is 5.11 Å². The molecule has 0 spiro atoms. The molecule has 0 fully saturated rings. The van der Waals surface area contributed by atoms with Gasteiger partial charge < -0.3 is 35.8 Å². The summed E-state index contributed by atoms with van der Waals surface area (Å²) < 4.78 is 1.31. The molecule has 236 valence electrons. The number of carboxylic acids is 1. The first kappa shape index (κ1) is 31.4. The number of hydrogen-bond donors (Lipinski definition) is 6. The predicted octanol–water partition coefficient (Wildman–Crippen LogP) is 3.27. The first-order valence-corrected chi connectivity index (χ1v) is 14.0. The number of carbonyl (C=O) groups is 1. The summed E-state index contributed by atoms with van der Waals surface area (Å²) in [7, 11) is 0. The van der Waals surface area contributed by atoms with Gasteiger partial charge in [0.2, 0.25) is 17.7 Å². The molecule has 0 radical (unpaired) electrons. The van der Waals surface area contributed by atoms with Crippen molar-refractivity contribution < 1.29 is 20.1 Å². The molecule has 46 heavy (non-hydrogen) atoms. The van der Waals surface area contributed by atoms with Crippen molar-refractivity contribution >= 4 is 51.9 Å². The summed E-state index contributed by atoms with van der Waals surface area (Å²) >= 11 is 0. The number of nitriles is 1. The Labute approximate surface area is 261 Å². The minimum absolute atomic E-state index is 0.00113. The molecule has 0 amide bonds. The highest BCUT2D eigenvalue weighted by molar-refractivity contribution is 5.78. The van der Waals surface area contributed by atoms with Gasteiger partial charge in [0, 0.05) is 18.7 Å². The zero-order chi connectivity index (χ0) is 32.8. The Kier molecular flexibility index (Phi) is 9.35. The number of benzene rings is 1. The molecule has 4 heterocycles. The second kappa shape index (κ2) is 13.7. The van der Waals surface area contributed by atoms with E-state index in [-0.39, 0.29) is 60.0 Å². The molecule has 0 aliphatic carbocycles. The van der Waals surface area contributed by atoms with Crippen molar-refractivity contribution in [2.24, 2.45) is 10.2 Å². The monoisotopic (exact) mass is 626 g/mol. The fraction of sp³-hybridized carbons (Fsp3) is 0.286. The maximum absolute atomic E-state index is 11.1. The number of fused-ring (bicyclic) bond motifs is 1. The minimum Gasteiger partial charge on any atom is -0.481 e. The second-order valence-corrected chi connectivity index (χ2v) is 10.2. The summed E-state index contributed by atoms with van der Waals surface area (Å²) in [5.74, 6) is -0.508. The van der Waals surface area contributed by atoms with Crippen LogP contribution in [0.4, 0.5) is 34.8 Å². The molecule has 0 bridgehead atoms. The van der Waals surface area contributed by atoms with Gasteiger partial charge in [-0.15, -0.1) is 15.3 Å². The highest BCUT2D eigenvalue weighted by atomic mass is 16.4. The zero-order valence-electron chi connectivity index (χ0n) is 25.1. The van der Waals surface area contributed by atoms with Crippen LogP contribution in [0.25, 0.3) is 17.1 Å². The van der Waals surface area contributed by atoms with Crippen LogP contribution >= 0.6 is 0 Å². The minimum atomic E-state index is -0.958. The van der Waals surface area contributed by atoms with Crippen LogP contribution in [0.5, 0.6) is 0 Å². The van der Waals surface area contributed by atoms with Gasteiger partial charge in [-0.1, -0.05) is 17.7 Å². The van der Waals surface area contributed by atoms with E-state index in [1.165, 1.54) is 17.2 Å². The molecule has 18 heteroatoms. The summed E-state index contributed by atoms with van der Waals surface area (Å²) in [4.78, 5) is 36.8. The number of aromatic amines is 1. The molecule has 4 aromatic heterocycles. The van der Waals surface area contributed by atoms with Gasteiger partial charge in [-0.25, -0.2) is 14.6 Å². The van der Waals surface area contributed by atoms with Crippen LogP contribution in [-0.2, 0) is 4.79 Å². The third kappa shape index (κ3) is 6.85. The first-order valence-electron chi connectivity index (χ1n) is 14.0. The smallest absolute Gasteiger partial charge is 0.303 e. The molecule has 0 aliphatic rings. The number of hydrogen-bond acceptors (Lipinski definition) is 15. The Bertz CT molecular complexity index is 1900. The molecule has 18 nitrogen and oxygen atoms in total. The van der Waals surface area contributed by atoms with Crippen molar-refractivity contribution in [3.8, 4) is 12.0 Å². The van der Waals surface area contributed by atoms with E-state index >= 15 is 0 Å². The standard InChI is InChI=1S/C28H30N14O4/c1-15-7-16(2)21(17(3)8-15)34-27-35-25(31-6-4-5-20(45)46)22(26(37-27)41(13-43)14-44)38-39-23-18(9-29)11-42(40-23)28-33-19-10-30-12-32-24(19)36-28/h7-8,10-12,43-44H,4-6,13-14H2,1-3H3,(H,45,46)(H,30,32,33,36)(H2,31,34,35,37). The van der Waals surface area contributed by atoms with Crippen molar-refractivity contribution in [3.05, 3.63) is 53.1 Å². The Morgan fingerprint density at radius 2 is 1.89 bits per heavy atom. The van der Waals surface area contributed by atoms with E-state index in [2.05, 4.69) is 55.9 Å². The third-order valence-corrected chi connectivity index (χ3v) is 6.71. The third-order valence-electron chi connectivity index (χ3n) is 6.71. The Hall–Kier alpha value is -6.06. The first-order chi connectivity index (χ1) is 22.2. The number of aliphatic carboxylic acids is 1. The predicted molar refractivity (Wildman–Crippen MR) is 166 cm³/mol. The summed E-state index contributed by atoms with van der Waals surface area (Å²) in [6, 6.07) is 6.03. The van der Waals surface area contributed by atoms with E-state index in [0.717, 1.165) is 27.3 Å². The quantitative estimate of drug-likeness (QED) is 0.0623. The van der Waals surface area contributed by atoms with Crippen molar-refractivity contribution in [2.75, 3.05) is 35.5 Å². The van der Waals surface area contributed by atoms with Gasteiger partial charge in [-0.05, 0) is 38.3 Å². The fourth-order valence-corrected chi connectivity index (χ4v) is 4.63. The van der Waals surface area contributed by atoms with Crippen LogP contribution < -0.4 is 15.5 Å². The van der Waals surface area contributed by atoms with Crippen molar-refractivity contribution in [1.82, 2.24) is 39.7 Å². The Morgan fingerprint density at radius 3 is 2.57 bits per heavy atom. The Balaban J connectivity index is 1.58. The topological polar surface area (TPSA) is 252 Å². The van der Waals surface area contributed by atoms with E-state index in [1.807, 2.05) is 39.0 Å². The van der Waals surface area contributed by atoms with E-state index in [9.17, 15) is 20.3 Å². The van der Waals surface area contributed by atoms with Crippen LogP contribution in [0.1, 0.15) is 35.1 Å². The lowest BCUT2D eigenvalue weighted by atomic mass is 10.1. The number of aliphatic hydroxyl groups excluding tert-OH is 2. The number of aromatic nitrogens is 8. The number of aryl methyl sites for hydroxylation is 3.